The van der Waals surface area contributed by atoms with E-state index in [1.165, 1.54) is 4.90 Å². The number of hydrogen-bond acceptors (Lipinski definition) is 3. The Labute approximate surface area is 128 Å². The molecular weight excluding hydrogens is 288 g/mol. The number of thiocarbonyl (C=S) groups is 1. The molecule has 2 aliphatic rings. The number of hydrogen-bond donors (Lipinski definition) is 2. The summed E-state index contributed by atoms with van der Waals surface area (Å²) in [6, 6.07) is 8.28. The second-order valence-corrected chi connectivity index (χ2v) is 6.99. The third kappa shape index (κ3) is 2.56. The number of fused-ring (bicyclic) bond motifs is 1. The number of benzene rings is 1. The van der Waals surface area contributed by atoms with E-state index in [9.17, 15) is 4.79 Å². The SMILES string of the molecule is NC(=S)C1CCCC1NC(=O)C1CSc2ccccc21. The molecule has 3 nitrogen and oxygen atoms in total. The van der Waals surface area contributed by atoms with Gasteiger partial charge < -0.3 is 11.1 Å². The summed E-state index contributed by atoms with van der Waals surface area (Å²) in [4.78, 5) is 14.3. The maximum atomic E-state index is 12.5. The standard InChI is InChI=1S/C15H18N2OS2/c16-14(19)10-5-3-6-12(10)17-15(18)11-8-20-13-7-2-1-4-9(11)13/h1-2,4,7,10-12H,3,5-6,8H2,(H2,16,19)(H,17,18). The first-order chi connectivity index (χ1) is 9.66. The van der Waals surface area contributed by atoms with Crippen molar-refractivity contribution in [2.45, 2.75) is 36.1 Å². The molecule has 0 spiro atoms. The summed E-state index contributed by atoms with van der Waals surface area (Å²) in [5, 5.41) is 3.17. The number of nitrogens with two attached hydrogens (primary N) is 1. The Hall–Kier alpha value is -1.07. The molecule has 0 bridgehead atoms. The highest BCUT2D eigenvalue weighted by atomic mass is 32.2. The van der Waals surface area contributed by atoms with Crippen molar-refractivity contribution in [1.82, 2.24) is 5.32 Å². The molecule has 3 unspecified atom stereocenters. The van der Waals surface area contributed by atoms with Crippen LogP contribution in [0.2, 0.25) is 0 Å². The summed E-state index contributed by atoms with van der Waals surface area (Å²) < 4.78 is 0. The molecule has 5 heteroatoms. The zero-order valence-corrected chi connectivity index (χ0v) is 12.8. The van der Waals surface area contributed by atoms with E-state index in [1.54, 1.807) is 11.8 Å². The third-order valence-electron chi connectivity index (χ3n) is 4.23. The van der Waals surface area contributed by atoms with Crippen molar-refractivity contribution in [3.05, 3.63) is 29.8 Å². The van der Waals surface area contributed by atoms with E-state index in [-0.39, 0.29) is 23.8 Å². The van der Waals surface area contributed by atoms with Crippen LogP contribution in [0.1, 0.15) is 30.7 Å². The molecule has 1 aliphatic heterocycles. The van der Waals surface area contributed by atoms with Gasteiger partial charge in [-0.15, -0.1) is 11.8 Å². The van der Waals surface area contributed by atoms with Gasteiger partial charge in [-0.2, -0.15) is 0 Å². The van der Waals surface area contributed by atoms with Gasteiger partial charge in [0, 0.05) is 22.6 Å². The monoisotopic (exact) mass is 306 g/mol. The van der Waals surface area contributed by atoms with Gasteiger partial charge in [0.25, 0.3) is 0 Å². The summed E-state index contributed by atoms with van der Waals surface area (Å²) >= 11 is 6.86. The topological polar surface area (TPSA) is 55.1 Å². The Kier molecular flexibility index (Phi) is 3.98. The summed E-state index contributed by atoms with van der Waals surface area (Å²) in [6.45, 7) is 0. The van der Waals surface area contributed by atoms with Crippen molar-refractivity contribution in [2.24, 2.45) is 11.7 Å². The molecule has 3 N–H and O–H groups in total. The van der Waals surface area contributed by atoms with Crippen molar-refractivity contribution in [3.8, 4) is 0 Å². The molecule has 0 saturated heterocycles. The lowest BCUT2D eigenvalue weighted by molar-refractivity contribution is -0.122. The van der Waals surface area contributed by atoms with E-state index in [0.717, 1.165) is 30.6 Å². The Morgan fingerprint density at radius 2 is 2.15 bits per heavy atom. The van der Waals surface area contributed by atoms with Crippen LogP contribution < -0.4 is 11.1 Å². The molecule has 1 amide bonds. The minimum Gasteiger partial charge on any atom is -0.393 e. The zero-order chi connectivity index (χ0) is 14.1. The quantitative estimate of drug-likeness (QED) is 0.842. The van der Waals surface area contributed by atoms with Gasteiger partial charge in [0.2, 0.25) is 5.91 Å². The first-order valence-electron chi connectivity index (χ1n) is 6.98. The number of amides is 1. The molecule has 3 atom stereocenters. The highest BCUT2D eigenvalue weighted by Crippen LogP contribution is 2.39. The number of nitrogens with one attached hydrogen (secondary N) is 1. The number of rotatable bonds is 3. The van der Waals surface area contributed by atoms with Crippen LogP contribution in [0, 0.1) is 5.92 Å². The molecule has 1 aliphatic carbocycles. The van der Waals surface area contributed by atoms with Crippen molar-refractivity contribution < 1.29 is 4.79 Å². The van der Waals surface area contributed by atoms with Crippen LogP contribution in [0.25, 0.3) is 0 Å². The van der Waals surface area contributed by atoms with Crippen molar-refractivity contribution >= 4 is 34.9 Å². The molecule has 1 fully saturated rings. The van der Waals surface area contributed by atoms with Crippen LogP contribution in [0.5, 0.6) is 0 Å². The van der Waals surface area contributed by atoms with Crippen LogP contribution in [0.15, 0.2) is 29.2 Å². The van der Waals surface area contributed by atoms with E-state index in [0.29, 0.717) is 4.99 Å². The number of thioether (sulfide) groups is 1. The Morgan fingerprint density at radius 3 is 2.95 bits per heavy atom. The minimum absolute atomic E-state index is 0.0382. The fourth-order valence-electron chi connectivity index (χ4n) is 3.14. The van der Waals surface area contributed by atoms with E-state index >= 15 is 0 Å². The maximum absolute atomic E-state index is 12.5. The summed E-state index contributed by atoms with van der Waals surface area (Å²) in [5.41, 5.74) is 6.92. The van der Waals surface area contributed by atoms with Gasteiger partial charge in [-0.05, 0) is 24.5 Å². The second kappa shape index (κ2) is 5.74. The van der Waals surface area contributed by atoms with Gasteiger partial charge in [0.15, 0.2) is 0 Å². The van der Waals surface area contributed by atoms with Gasteiger partial charge in [-0.25, -0.2) is 0 Å². The smallest absolute Gasteiger partial charge is 0.228 e. The minimum atomic E-state index is -0.0382. The van der Waals surface area contributed by atoms with Crippen molar-refractivity contribution in [1.29, 1.82) is 0 Å². The fraction of sp³-hybridized carbons (Fsp3) is 0.467. The molecule has 1 aromatic rings. The van der Waals surface area contributed by atoms with E-state index in [4.69, 9.17) is 18.0 Å². The maximum Gasteiger partial charge on any atom is 0.228 e. The highest BCUT2D eigenvalue weighted by Gasteiger charge is 2.34. The average molecular weight is 306 g/mol. The van der Waals surface area contributed by atoms with Crippen LogP contribution in [-0.2, 0) is 4.79 Å². The van der Waals surface area contributed by atoms with Gasteiger partial charge in [0.05, 0.1) is 10.9 Å². The molecule has 1 aromatic carbocycles. The van der Waals surface area contributed by atoms with Crippen LogP contribution >= 0.6 is 24.0 Å². The Morgan fingerprint density at radius 1 is 1.35 bits per heavy atom. The summed E-state index contributed by atoms with van der Waals surface area (Å²) in [5.74, 6) is 1.08. The lowest BCUT2D eigenvalue weighted by atomic mass is 9.98. The van der Waals surface area contributed by atoms with Gasteiger partial charge in [0.1, 0.15) is 0 Å². The van der Waals surface area contributed by atoms with Crippen LogP contribution in [0.3, 0.4) is 0 Å². The summed E-state index contributed by atoms with van der Waals surface area (Å²) in [7, 11) is 0. The molecule has 3 rings (SSSR count). The van der Waals surface area contributed by atoms with Gasteiger partial charge >= 0.3 is 0 Å². The van der Waals surface area contributed by atoms with E-state index in [1.807, 2.05) is 12.1 Å². The highest BCUT2D eigenvalue weighted by molar-refractivity contribution is 7.99. The van der Waals surface area contributed by atoms with Crippen molar-refractivity contribution in [2.75, 3.05) is 5.75 Å². The Balaban J connectivity index is 1.70. The van der Waals surface area contributed by atoms with Crippen molar-refractivity contribution in [3.63, 3.8) is 0 Å². The number of carbonyl (C=O) groups is 1. The van der Waals surface area contributed by atoms with E-state index in [2.05, 4.69) is 17.4 Å². The largest absolute Gasteiger partial charge is 0.393 e. The molecular formula is C15H18N2OS2. The summed E-state index contributed by atoms with van der Waals surface area (Å²) in [6.07, 6.45) is 3.06. The molecule has 106 valence electrons. The first-order valence-corrected chi connectivity index (χ1v) is 8.37. The fourth-order valence-corrected chi connectivity index (χ4v) is 4.65. The molecule has 1 heterocycles. The lowest BCUT2D eigenvalue weighted by Crippen LogP contribution is -2.43. The molecule has 20 heavy (non-hydrogen) atoms. The molecule has 0 radical (unpaired) electrons. The van der Waals surface area contributed by atoms with Gasteiger partial charge in [-0.3, -0.25) is 4.79 Å². The third-order valence-corrected chi connectivity index (χ3v) is 5.71. The van der Waals surface area contributed by atoms with E-state index < -0.39 is 0 Å². The predicted octanol–water partition coefficient (Wildman–Crippen LogP) is 2.45. The molecule has 0 aromatic heterocycles. The van der Waals surface area contributed by atoms with Crippen LogP contribution in [0.4, 0.5) is 0 Å². The first kappa shape index (κ1) is 13.9. The average Bonchev–Trinajstić information content (AvgIpc) is 3.04. The van der Waals surface area contributed by atoms with Crippen LogP contribution in [-0.4, -0.2) is 22.7 Å². The normalized spacial score (nSPS) is 28.1. The lowest BCUT2D eigenvalue weighted by Gasteiger charge is -2.22. The predicted molar refractivity (Wildman–Crippen MR) is 86.0 cm³/mol. The number of carbonyl (C=O) groups excluding carboxylic acids is 1. The molecule has 1 saturated carbocycles. The van der Waals surface area contributed by atoms with Gasteiger partial charge in [-0.1, -0.05) is 36.8 Å². The Bertz CT molecular complexity index is 546. The zero-order valence-electron chi connectivity index (χ0n) is 11.2. The second-order valence-electron chi connectivity index (χ2n) is 5.46.